The Morgan fingerprint density at radius 3 is 2.40 bits per heavy atom. The van der Waals surface area contributed by atoms with E-state index in [0.717, 1.165) is 20.1 Å². The van der Waals surface area contributed by atoms with E-state index < -0.39 is 0 Å². The highest BCUT2D eigenvalue weighted by molar-refractivity contribution is 9.11. The molecule has 5 rings (SSSR count). The molecule has 0 atom stereocenters. The third-order valence-corrected chi connectivity index (χ3v) is 7.31. The summed E-state index contributed by atoms with van der Waals surface area (Å²) in [4.78, 5) is 17.3. The molecule has 1 saturated heterocycles. The maximum Gasteiger partial charge on any atom is 0.264 e. The van der Waals surface area contributed by atoms with E-state index >= 15 is 0 Å². The van der Waals surface area contributed by atoms with Crippen LogP contribution in [0.3, 0.4) is 0 Å². The lowest BCUT2D eigenvalue weighted by molar-refractivity contribution is -0.115. The number of carbonyl (C=O) groups excluding carboxylic acids is 1. The highest BCUT2D eigenvalue weighted by Crippen LogP contribution is 2.37. The average molecular weight is 612 g/mol. The van der Waals surface area contributed by atoms with Gasteiger partial charge in [0.15, 0.2) is 5.17 Å². The number of rotatable bonds is 5. The topological polar surface area (TPSA) is 50.7 Å². The van der Waals surface area contributed by atoms with Crippen molar-refractivity contribution in [2.75, 3.05) is 0 Å². The van der Waals surface area contributed by atoms with Gasteiger partial charge in [0.1, 0.15) is 18.2 Å². The third-order valence-electron chi connectivity index (χ3n) is 5.22. The van der Waals surface area contributed by atoms with E-state index in [1.54, 1.807) is 18.2 Å². The second kappa shape index (κ2) is 10.4. The van der Waals surface area contributed by atoms with Crippen molar-refractivity contribution in [3.63, 3.8) is 0 Å². The van der Waals surface area contributed by atoms with Gasteiger partial charge in [-0.25, -0.2) is 9.38 Å². The van der Waals surface area contributed by atoms with Crippen molar-refractivity contribution in [3.8, 4) is 5.75 Å². The number of nitrogens with one attached hydrogen (secondary N) is 1. The van der Waals surface area contributed by atoms with E-state index in [1.807, 2.05) is 24.3 Å². The fourth-order valence-corrected chi connectivity index (χ4v) is 5.84. The molecule has 8 heteroatoms. The standard InChI is InChI=1S/C27H17Br2FN2O2S/c28-22-12-17(14-24-26(33)32-27(35-24)31-21-9-7-20(30)8-10-21)13-23(29)25(22)34-15-16-5-6-18-3-1-2-4-19(18)11-16/h1-14H,15H2,(H,31,32,33)/b24-14+. The van der Waals surface area contributed by atoms with Gasteiger partial charge in [-0.05, 0) is 114 Å². The first-order chi connectivity index (χ1) is 16.9. The molecule has 0 aliphatic carbocycles. The maximum atomic E-state index is 13.1. The van der Waals surface area contributed by atoms with Crippen LogP contribution in [0.15, 0.2) is 97.7 Å². The predicted molar refractivity (Wildman–Crippen MR) is 147 cm³/mol. The van der Waals surface area contributed by atoms with Crippen molar-refractivity contribution < 1.29 is 13.9 Å². The molecule has 1 amide bonds. The van der Waals surface area contributed by atoms with Crippen LogP contribution in [0.4, 0.5) is 10.1 Å². The lowest BCUT2D eigenvalue weighted by Gasteiger charge is -2.12. The number of amides is 1. The molecule has 35 heavy (non-hydrogen) atoms. The Hall–Kier alpha value is -2.94. The summed E-state index contributed by atoms with van der Waals surface area (Å²) in [6.45, 7) is 0.421. The van der Waals surface area contributed by atoms with Crippen molar-refractivity contribution in [3.05, 3.63) is 110 Å². The van der Waals surface area contributed by atoms with Crippen molar-refractivity contribution in [2.45, 2.75) is 6.61 Å². The molecular weight excluding hydrogens is 595 g/mol. The van der Waals surface area contributed by atoms with Gasteiger partial charge >= 0.3 is 0 Å². The fourth-order valence-electron chi connectivity index (χ4n) is 3.55. The summed E-state index contributed by atoms with van der Waals surface area (Å²) in [5, 5.41) is 5.55. The van der Waals surface area contributed by atoms with E-state index in [-0.39, 0.29) is 11.7 Å². The zero-order valence-corrected chi connectivity index (χ0v) is 22.1. The Labute approximate surface area is 222 Å². The Bertz CT molecular complexity index is 1480. The minimum atomic E-state index is -0.335. The van der Waals surface area contributed by atoms with Crippen LogP contribution in [0, 0.1) is 5.82 Å². The highest BCUT2D eigenvalue weighted by Gasteiger charge is 2.24. The van der Waals surface area contributed by atoms with Gasteiger partial charge in [-0.2, -0.15) is 0 Å². The largest absolute Gasteiger partial charge is 0.487 e. The Kier molecular flexibility index (Phi) is 7.04. The number of thioether (sulfide) groups is 1. The van der Waals surface area contributed by atoms with Crippen molar-refractivity contribution >= 4 is 77.2 Å². The van der Waals surface area contributed by atoms with Gasteiger partial charge in [0.2, 0.25) is 0 Å². The lowest BCUT2D eigenvalue weighted by Crippen LogP contribution is -2.19. The van der Waals surface area contributed by atoms with E-state index in [2.05, 4.69) is 72.5 Å². The number of aliphatic imine (C=N–C) groups is 1. The van der Waals surface area contributed by atoms with Crippen LogP contribution in [0.2, 0.25) is 0 Å². The molecule has 0 spiro atoms. The second-order valence-corrected chi connectivity index (χ2v) is 10.5. The van der Waals surface area contributed by atoms with Crippen LogP contribution in [0.25, 0.3) is 16.8 Å². The summed E-state index contributed by atoms with van der Waals surface area (Å²) < 4.78 is 20.7. The van der Waals surface area contributed by atoms with Crippen LogP contribution < -0.4 is 10.1 Å². The van der Waals surface area contributed by atoms with Crippen molar-refractivity contribution in [1.29, 1.82) is 0 Å². The fraction of sp³-hybridized carbons (Fsp3) is 0.0370. The van der Waals surface area contributed by atoms with Crippen LogP contribution in [-0.4, -0.2) is 11.1 Å². The molecule has 1 fully saturated rings. The minimum Gasteiger partial charge on any atom is -0.487 e. The molecule has 1 N–H and O–H groups in total. The lowest BCUT2D eigenvalue weighted by atomic mass is 10.1. The zero-order valence-electron chi connectivity index (χ0n) is 18.1. The average Bonchev–Trinajstić information content (AvgIpc) is 3.18. The highest BCUT2D eigenvalue weighted by atomic mass is 79.9. The molecule has 0 saturated carbocycles. The number of amidine groups is 1. The van der Waals surface area contributed by atoms with Gasteiger partial charge in [0.05, 0.1) is 19.5 Å². The Morgan fingerprint density at radius 2 is 1.66 bits per heavy atom. The van der Waals surface area contributed by atoms with E-state index in [4.69, 9.17) is 4.74 Å². The van der Waals surface area contributed by atoms with Gasteiger partial charge in [0.25, 0.3) is 5.91 Å². The van der Waals surface area contributed by atoms with Gasteiger partial charge in [-0.3, -0.25) is 4.79 Å². The molecule has 4 aromatic carbocycles. The second-order valence-electron chi connectivity index (χ2n) is 7.74. The molecule has 1 aliphatic heterocycles. The number of halogens is 3. The van der Waals surface area contributed by atoms with Gasteiger partial charge in [-0.15, -0.1) is 0 Å². The third kappa shape index (κ3) is 5.66. The normalized spacial score (nSPS) is 15.7. The monoisotopic (exact) mass is 610 g/mol. The summed E-state index contributed by atoms with van der Waals surface area (Å²) in [5.74, 6) is 0.112. The molecule has 4 nitrogen and oxygen atoms in total. The predicted octanol–water partition coefficient (Wildman–Crippen LogP) is 7.97. The molecule has 174 valence electrons. The number of hydrogen-bond acceptors (Lipinski definition) is 4. The summed E-state index contributed by atoms with van der Waals surface area (Å²) in [5.41, 5.74) is 2.46. The SMILES string of the molecule is O=C1NC(=Nc2ccc(F)cc2)S/C1=C/c1cc(Br)c(OCc2ccc3ccccc3c2)c(Br)c1. The quantitative estimate of drug-likeness (QED) is 0.233. The maximum absolute atomic E-state index is 13.1. The summed E-state index contributed by atoms with van der Waals surface area (Å²) >= 11 is 8.42. The van der Waals surface area contributed by atoms with Gasteiger partial charge in [0, 0.05) is 0 Å². The molecule has 1 aliphatic rings. The molecule has 0 aromatic heterocycles. The Balaban J connectivity index is 1.31. The van der Waals surface area contributed by atoms with E-state index in [0.29, 0.717) is 28.1 Å². The van der Waals surface area contributed by atoms with Gasteiger partial charge < -0.3 is 10.1 Å². The zero-order chi connectivity index (χ0) is 24.4. The number of nitrogens with zero attached hydrogens (tertiary/aromatic N) is 1. The summed E-state index contributed by atoms with van der Waals surface area (Å²) in [7, 11) is 0. The van der Waals surface area contributed by atoms with E-state index in [1.165, 1.54) is 34.7 Å². The smallest absolute Gasteiger partial charge is 0.264 e. The van der Waals surface area contributed by atoms with E-state index in [9.17, 15) is 9.18 Å². The van der Waals surface area contributed by atoms with Crippen LogP contribution >= 0.6 is 43.6 Å². The first kappa shape index (κ1) is 23.8. The number of hydrogen-bond donors (Lipinski definition) is 1. The number of benzene rings is 4. The first-order valence-corrected chi connectivity index (χ1v) is 13.0. The Morgan fingerprint density at radius 1 is 0.943 bits per heavy atom. The molecule has 0 bridgehead atoms. The molecule has 4 aromatic rings. The van der Waals surface area contributed by atoms with Crippen LogP contribution in [-0.2, 0) is 11.4 Å². The van der Waals surface area contributed by atoms with Crippen LogP contribution in [0.5, 0.6) is 5.75 Å². The minimum absolute atomic E-state index is 0.236. The number of ether oxygens (including phenoxy) is 1. The molecule has 0 unspecified atom stereocenters. The molecule has 1 heterocycles. The van der Waals surface area contributed by atoms with Crippen LogP contribution in [0.1, 0.15) is 11.1 Å². The summed E-state index contributed by atoms with van der Waals surface area (Å²) in [6.07, 6.45) is 1.79. The molecule has 0 radical (unpaired) electrons. The number of fused-ring (bicyclic) bond motifs is 1. The first-order valence-electron chi connectivity index (χ1n) is 10.6. The molecular formula is C27H17Br2FN2O2S. The van der Waals surface area contributed by atoms with Crippen molar-refractivity contribution in [1.82, 2.24) is 5.32 Å². The van der Waals surface area contributed by atoms with Gasteiger partial charge in [-0.1, -0.05) is 36.4 Å². The summed E-state index contributed by atoms with van der Waals surface area (Å²) in [6, 6.07) is 24.1. The van der Waals surface area contributed by atoms with Crippen molar-refractivity contribution in [2.24, 2.45) is 4.99 Å². The number of carbonyl (C=O) groups is 1.